The van der Waals surface area contributed by atoms with Gasteiger partial charge in [0.25, 0.3) is 0 Å². The summed E-state index contributed by atoms with van der Waals surface area (Å²) in [7, 11) is 3.46. The molecule has 0 saturated carbocycles. The van der Waals surface area contributed by atoms with Crippen LogP contribution in [0.15, 0.2) is 42.7 Å². The SMILES string of the molecule is COc1nn(C)c2nc(C)c(CCC(=O)Nc3ccc(Cn4cccn4)cc3)c(C)c12. The molecule has 8 nitrogen and oxygen atoms in total. The third-order valence-electron chi connectivity index (χ3n) is 5.46. The van der Waals surface area contributed by atoms with E-state index in [-0.39, 0.29) is 5.91 Å². The van der Waals surface area contributed by atoms with Crippen molar-refractivity contribution in [3.63, 3.8) is 0 Å². The van der Waals surface area contributed by atoms with Gasteiger partial charge in [-0.25, -0.2) is 9.67 Å². The van der Waals surface area contributed by atoms with Crippen LogP contribution in [0.5, 0.6) is 5.88 Å². The molecule has 0 bridgehead atoms. The Morgan fingerprint density at radius 3 is 2.65 bits per heavy atom. The normalized spacial score (nSPS) is 11.1. The van der Waals surface area contributed by atoms with Crippen molar-refractivity contribution in [1.82, 2.24) is 24.5 Å². The summed E-state index contributed by atoms with van der Waals surface area (Å²) >= 11 is 0. The van der Waals surface area contributed by atoms with Gasteiger partial charge in [0.05, 0.1) is 19.0 Å². The molecule has 0 radical (unpaired) electrons. The Labute approximate surface area is 180 Å². The van der Waals surface area contributed by atoms with Crippen molar-refractivity contribution < 1.29 is 9.53 Å². The lowest BCUT2D eigenvalue weighted by molar-refractivity contribution is -0.116. The van der Waals surface area contributed by atoms with E-state index in [1.165, 1.54) is 0 Å². The van der Waals surface area contributed by atoms with Gasteiger partial charge in [-0.2, -0.15) is 5.10 Å². The zero-order valence-electron chi connectivity index (χ0n) is 18.2. The quantitative estimate of drug-likeness (QED) is 0.497. The van der Waals surface area contributed by atoms with Crippen LogP contribution in [0, 0.1) is 13.8 Å². The molecule has 8 heteroatoms. The van der Waals surface area contributed by atoms with Gasteiger partial charge >= 0.3 is 0 Å². The summed E-state index contributed by atoms with van der Waals surface area (Å²) in [4.78, 5) is 17.2. The first-order chi connectivity index (χ1) is 15.0. The highest BCUT2D eigenvalue weighted by molar-refractivity contribution is 5.91. The monoisotopic (exact) mass is 418 g/mol. The fourth-order valence-electron chi connectivity index (χ4n) is 3.84. The Morgan fingerprint density at radius 1 is 1.19 bits per heavy atom. The average Bonchev–Trinajstić information content (AvgIpc) is 3.37. The van der Waals surface area contributed by atoms with Gasteiger partial charge in [-0.3, -0.25) is 9.48 Å². The number of carbonyl (C=O) groups excluding carboxylic acids is 1. The average molecular weight is 419 g/mol. The molecule has 160 valence electrons. The number of rotatable bonds is 7. The summed E-state index contributed by atoms with van der Waals surface area (Å²) in [6.07, 6.45) is 4.65. The minimum Gasteiger partial charge on any atom is -0.479 e. The van der Waals surface area contributed by atoms with E-state index in [9.17, 15) is 4.79 Å². The van der Waals surface area contributed by atoms with Gasteiger partial charge in [-0.15, -0.1) is 5.10 Å². The van der Waals surface area contributed by atoms with Crippen LogP contribution < -0.4 is 10.1 Å². The van der Waals surface area contributed by atoms with Crippen LogP contribution in [-0.4, -0.2) is 37.6 Å². The highest BCUT2D eigenvalue weighted by Gasteiger charge is 2.18. The molecule has 0 aliphatic heterocycles. The van der Waals surface area contributed by atoms with Crippen molar-refractivity contribution in [3.05, 3.63) is 65.1 Å². The Kier molecular flexibility index (Phi) is 5.70. The van der Waals surface area contributed by atoms with E-state index in [0.717, 1.165) is 39.1 Å². The second-order valence-electron chi connectivity index (χ2n) is 7.58. The highest BCUT2D eigenvalue weighted by atomic mass is 16.5. The number of aryl methyl sites for hydroxylation is 3. The molecule has 0 fully saturated rings. The molecular formula is C23H26N6O2. The van der Waals surface area contributed by atoms with Gasteiger partial charge in [-0.05, 0) is 55.2 Å². The zero-order valence-corrected chi connectivity index (χ0v) is 18.2. The number of hydrogen-bond acceptors (Lipinski definition) is 5. The molecule has 0 saturated heterocycles. The van der Waals surface area contributed by atoms with Crippen molar-refractivity contribution >= 4 is 22.6 Å². The van der Waals surface area contributed by atoms with Crippen LogP contribution in [-0.2, 0) is 24.8 Å². The van der Waals surface area contributed by atoms with Gasteiger partial charge in [-0.1, -0.05) is 12.1 Å². The summed E-state index contributed by atoms with van der Waals surface area (Å²) in [5, 5.41) is 12.5. The molecule has 0 aliphatic rings. The van der Waals surface area contributed by atoms with Gasteiger partial charge in [0, 0.05) is 37.2 Å². The van der Waals surface area contributed by atoms with Crippen LogP contribution >= 0.6 is 0 Å². The molecule has 1 N–H and O–H groups in total. The number of ether oxygens (including phenoxy) is 1. The maximum absolute atomic E-state index is 12.6. The largest absolute Gasteiger partial charge is 0.479 e. The Hall–Kier alpha value is -3.68. The summed E-state index contributed by atoms with van der Waals surface area (Å²) in [5.74, 6) is 0.528. The third kappa shape index (κ3) is 4.28. The lowest BCUT2D eigenvalue weighted by atomic mass is 10.00. The van der Waals surface area contributed by atoms with Crippen LogP contribution in [0.25, 0.3) is 11.0 Å². The smallest absolute Gasteiger partial charge is 0.242 e. The molecule has 3 aromatic heterocycles. The van der Waals surface area contributed by atoms with Gasteiger partial charge < -0.3 is 10.1 Å². The number of carbonyl (C=O) groups is 1. The van der Waals surface area contributed by atoms with Crippen LogP contribution in [0.4, 0.5) is 5.69 Å². The predicted octanol–water partition coefficient (Wildman–Crippen LogP) is 3.41. The number of pyridine rings is 1. The standard InChI is InChI=1S/C23H26N6O2/c1-15-19(16(2)25-22-21(15)23(31-4)27-28(22)3)10-11-20(30)26-18-8-6-17(7-9-18)14-29-13-5-12-24-29/h5-9,12-13H,10-11,14H2,1-4H3,(H,26,30). The number of methoxy groups -OCH3 is 1. The number of nitrogens with zero attached hydrogens (tertiary/aromatic N) is 5. The number of hydrogen-bond donors (Lipinski definition) is 1. The number of fused-ring (bicyclic) bond motifs is 1. The first-order valence-corrected chi connectivity index (χ1v) is 10.2. The minimum atomic E-state index is -0.0307. The molecule has 3 heterocycles. The topological polar surface area (TPSA) is 86.9 Å². The Balaban J connectivity index is 1.42. The predicted molar refractivity (Wildman–Crippen MR) is 119 cm³/mol. The van der Waals surface area contributed by atoms with Gasteiger partial charge in [0.2, 0.25) is 11.8 Å². The fourth-order valence-corrected chi connectivity index (χ4v) is 3.84. The minimum absolute atomic E-state index is 0.0307. The molecule has 4 aromatic rings. The van der Waals surface area contributed by atoms with E-state index >= 15 is 0 Å². The van der Waals surface area contributed by atoms with E-state index in [2.05, 4.69) is 20.5 Å². The van der Waals surface area contributed by atoms with Crippen molar-refractivity contribution in [2.45, 2.75) is 33.2 Å². The van der Waals surface area contributed by atoms with Crippen molar-refractivity contribution in [3.8, 4) is 5.88 Å². The number of aromatic nitrogens is 5. The molecule has 0 aliphatic carbocycles. The summed E-state index contributed by atoms with van der Waals surface area (Å²) in [6.45, 7) is 4.71. The molecule has 4 rings (SSSR count). The number of benzene rings is 1. The maximum Gasteiger partial charge on any atom is 0.242 e. The van der Waals surface area contributed by atoms with Crippen LogP contribution in [0.2, 0.25) is 0 Å². The van der Waals surface area contributed by atoms with E-state index in [4.69, 9.17) is 4.74 Å². The molecule has 0 atom stereocenters. The first kappa shape index (κ1) is 20.6. The van der Waals surface area contributed by atoms with Crippen molar-refractivity contribution in [1.29, 1.82) is 0 Å². The van der Waals surface area contributed by atoms with Crippen LogP contribution in [0.1, 0.15) is 28.8 Å². The second kappa shape index (κ2) is 8.59. The molecular weight excluding hydrogens is 392 g/mol. The number of nitrogens with one attached hydrogen (secondary N) is 1. The first-order valence-electron chi connectivity index (χ1n) is 10.2. The van der Waals surface area contributed by atoms with E-state index in [1.54, 1.807) is 18.0 Å². The van der Waals surface area contributed by atoms with Gasteiger partial charge in [0.15, 0.2) is 5.65 Å². The van der Waals surface area contributed by atoms with E-state index in [1.807, 2.05) is 62.1 Å². The lowest BCUT2D eigenvalue weighted by Gasteiger charge is -2.12. The molecule has 0 spiro atoms. The van der Waals surface area contributed by atoms with Crippen LogP contribution in [0.3, 0.4) is 0 Å². The lowest BCUT2D eigenvalue weighted by Crippen LogP contribution is -2.13. The zero-order chi connectivity index (χ0) is 22.0. The fraction of sp³-hybridized carbons (Fsp3) is 0.304. The highest BCUT2D eigenvalue weighted by Crippen LogP contribution is 2.30. The molecule has 1 amide bonds. The summed E-state index contributed by atoms with van der Waals surface area (Å²) < 4.78 is 9.00. The van der Waals surface area contributed by atoms with Crippen molar-refractivity contribution in [2.24, 2.45) is 7.05 Å². The van der Waals surface area contributed by atoms with E-state index in [0.29, 0.717) is 25.3 Å². The summed E-state index contributed by atoms with van der Waals surface area (Å²) in [6, 6.07) is 9.73. The summed E-state index contributed by atoms with van der Waals surface area (Å²) in [5.41, 5.74) is 5.72. The molecule has 31 heavy (non-hydrogen) atoms. The maximum atomic E-state index is 12.6. The number of anilines is 1. The van der Waals surface area contributed by atoms with Crippen molar-refractivity contribution in [2.75, 3.05) is 12.4 Å². The number of amides is 1. The Bertz CT molecular complexity index is 1210. The molecule has 0 unspecified atom stereocenters. The second-order valence-corrected chi connectivity index (χ2v) is 7.58. The third-order valence-corrected chi connectivity index (χ3v) is 5.46. The van der Waals surface area contributed by atoms with Gasteiger partial charge in [0.1, 0.15) is 0 Å². The molecule has 1 aromatic carbocycles. The Morgan fingerprint density at radius 2 is 1.97 bits per heavy atom. The van der Waals surface area contributed by atoms with E-state index < -0.39 is 0 Å².